The van der Waals surface area contributed by atoms with Crippen LogP contribution in [0.3, 0.4) is 0 Å². The first-order valence-electron chi connectivity index (χ1n) is 12.0. The summed E-state index contributed by atoms with van der Waals surface area (Å²) in [4.78, 5) is 49.0. The van der Waals surface area contributed by atoms with Gasteiger partial charge in [0.15, 0.2) is 0 Å². The summed E-state index contributed by atoms with van der Waals surface area (Å²) in [5.74, 6) is -0.271. The number of carbonyl (C=O) groups excluding carboxylic acids is 3. The number of nitrogens with zero attached hydrogens (tertiary/aromatic N) is 5. The molecule has 0 bridgehead atoms. The summed E-state index contributed by atoms with van der Waals surface area (Å²) in [6.45, 7) is 2.58. The Morgan fingerprint density at radius 1 is 1.00 bits per heavy atom. The fraction of sp³-hybridized carbons (Fsp3) is 0.346. The molecule has 9 heteroatoms. The molecule has 1 atom stereocenters. The average molecular weight is 472 g/mol. The Morgan fingerprint density at radius 3 is 2.63 bits per heavy atom. The molecule has 2 aromatic carbocycles. The molecule has 0 saturated carbocycles. The number of para-hydroxylation sites is 2. The van der Waals surface area contributed by atoms with Gasteiger partial charge in [-0.3, -0.25) is 24.3 Å². The van der Waals surface area contributed by atoms with Crippen molar-refractivity contribution in [2.24, 2.45) is 0 Å². The minimum absolute atomic E-state index is 0.0277. The number of imide groups is 1. The number of benzene rings is 2. The van der Waals surface area contributed by atoms with Gasteiger partial charge in [0.25, 0.3) is 5.91 Å². The zero-order chi connectivity index (χ0) is 23.9. The lowest BCUT2D eigenvalue weighted by Gasteiger charge is -2.32. The highest BCUT2D eigenvalue weighted by Crippen LogP contribution is 2.31. The van der Waals surface area contributed by atoms with E-state index in [1.165, 1.54) is 5.01 Å². The third kappa shape index (κ3) is 4.12. The maximum atomic E-state index is 12.9. The van der Waals surface area contributed by atoms with Gasteiger partial charge in [0.1, 0.15) is 11.9 Å². The number of fused-ring (bicyclic) bond motifs is 2. The summed E-state index contributed by atoms with van der Waals surface area (Å²) >= 11 is 0. The zero-order valence-corrected chi connectivity index (χ0v) is 19.2. The molecule has 1 aromatic heterocycles. The highest BCUT2D eigenvalue weighted by molar-refractivity contribution is 6.04. The molecule has 178 valence electrons. The molecule has 0 unspecified atom stereocenters. The van der Waals surface area contributed by atoms with E-state index in [0.29, 0.717) is 24.3 Å². The lowest BCUT2D eigenvalue weighted by molar-refractivity contribution is -0.163. The summed E-state index contributed by atoms with van der Waals surface area (Å²) in [5.41, 5.74) is 3.99. The van der Waals surface area contributed by atoms with Crippen LogP contribution in [0.25, 0.3) is 11.0 Å². The van der Waals surface area contributed by atoms with E-state index in [1.807, 2.05) is 36.5 Å². The quantitative estimate of drug-likeness (QED) is 0.528. The Morgan fingerprint density at radius 2 is 1.80 bits per heavy atom. The van der Waals surface area contributed by atoms with Crippen molar-refractivity contribution < 1.29 is 19.1 Å². The minimum atomic E-state index is -0.321. The molecule has 2 fully saturated rings. The minimum Gasteiger partial charge on any atom is -0.489 e. The van der Waals surface area contributed by atoms with Crippen LogP contribution in [-0.4, -0.2) is 61.8 Å². The van der Waals surface area contributed by atoms with Gasteiger partial charge < -0.3 is 4.74 Å². The largest absolute Gasteiger partial charge is 0.489 e. The summed E-state index contributed by atoms with van der Waals surface area (Å²) < 4.78 is 6.24. The van der Waals surface area contributed by atoms with Crippen molar-refractivity contribution in [2.75, 3.05) is 13.1 Å². The van der Waals surface area contributed by atoms with Gasteiger partial charge in [-0.05, 0) is 48.7 Å². The van der Waals surface area contributed by atoms with Gasteiger partial charge in [0, 0.05) is 38.0 Å². The van der Waals surface area contributed by atoms with Crippen LogP contribution in [-0.2, 0) is 22.7 Å². The smallest absolute Gasteiger partial charge is 0.273 e. The van der Waals surface area contributed by atoms with E-state index in [1.54, 1.807) is 12.1 Å². The number of ether oxygens (including phenoxy) is 1. The van der Waals surface area contributed by atoms with Gasteiger partial charge in [-0.25, -0.2) is 9.99 Å². The summed E-state index contributed by atoms with van der Waals surface area (Å²) in [6.07, 6.45) is 3.84. The number of carbonyl (C=O) groups is 3. The van der Waals surface area contributed by atoms with E-state index in [4.69, 9.17) is 9.72 Å². The van der Waals surface area contributed by atoms with E-state index in [9.17, 15) is 14.4 Å². The first-order valence-corrected chi connectivity index (χ1v) is 12.0. The van der Waals surface area contributed by atoms with Crippen molar-refractivity contribution in [3.05, 3.63) is 65.5 Å². The molecular weight excluding hydrogens is 446 g/mol. The van der Waals surface area contributed by atoms with Crippen molar-refractivity contribution in [1.29, 1.82) is 0 Å². The van der Waals surface area contributed by atoms with Gasteiger partial charge in [-0.1, -0.05) is 12.1 Å². The maximum Gasteiger partial charge on any atom is 0.273 e. The van der Waals surface area contributed by atoms with Crippen molar-refractivity contribution in [2.45, 2.75) is 44.9 Å². The van der Waals surface area contributed by atoms with E-state index < -0.39 is 0 Å². The molecule has 0 aliphatic carbocycles. The number of rotatable bonds is 5. The SMILES string of the molecule is O=C1c2ccc(O[C@H]3CCN(Cc4cnc5ccccc5n4)C3)cc2CN1N1C(=O)CCCC1=O. The van der Waals surface area contributed by atoms with Crippen LogP contribution in [0.2, 0.25) is 0 Å². The van der Waals surface area contributed by atoms with Crippen molar-refractivity contribution in [3.63, 3.8) is 0 Å². The molecule has 0 radical (unpaired) electrons. The summed E-state index contributed by atoms with van der Waals surface area (Å²) in [6, 6.07) is 13.2. The first-order chi connectivity index (χ1) is 17.0. The second-order valence-corrected chi connectivity index (χ2v) is 9.25. The fourth-order valence-electron chi connectivity index (χ4n) is 5.06. The number of amides is 3. The normalized spacial score (nSPS) is 20.7. The molecule has 3 aromatic rings. The van der Waals surface area contributed by atoms with E-state index in [0.717, 1.165) is 46.8 Å². The Hall–Kier alpha value is -3.85. The molecule has 6 rings (SSSR count). The topological polar surface area (TPSA) is 95.9 Å². The molecule has 3 aliphatic heterocycles. The van der Waals surface area contributed by atoms with Crippen LogP contribution in [0.5, 0.6) is 5.75 Å². The van der Waals surface area contributed by atoms with E-state index in [-0.39, 0.29) is 43.2 Å². The molecule has 2 saturated heterocycles. The lowest BCUT2D eigenvalue weighted by atomic mass is 10.1. The third-order valence-electron chi connectivity index (χ3n) is 6.77. The van der Waals surface area contributed by atoms with Crippen molar-refractivity contribution in [3.8, 4) is 5.75 Å². The number of piperidine rings is 1. The number of hydrogen-bond donors (Lipinski definition) is 0. The first kappa shape index (κ1) is 21.7. The summed E-state index contributed by atoms with van der Waals surface area (Å²) in [5, 5.41) is 2.29. The zero-order valence-electron chi connectivity index (χ0n) is 19.2. The monoisotopic (exact) mass is 471 g/mol. The van der Waals surface area contributed by atoms with Gasteiger partial charge >= 0.3 is 0 Å². The molecule has 3 amide bonds. The third-order valence-corrected chi connectivity index (χ3v) is 6.77. The predicted octanol–water partition coefficient (Wildman–Crippen LogP) is 2.69. The van der Waals surface area contributed by atoms with Crippen molar-refractivity contribution >= 4 is 28.8 Å². The molecule has 9 nitrogen and oxygen atoms in total. The number of aromatic nitrogens is 2. The Balaban J connectivity index is 1.10. The molecule has 3 aliphatic rings. The molecule has 0 spiro atoms. The van der Waals surface area contributed by atoms with E-state index >= 15 is 0 Å². The van der Waals surface area contributed by atoms with Crippen molar-refractivity contribution in [1.82, 2.24) is 24.9 Å². The molecular formula is C26H25N5O4. The summed E-state index contributed by atoms with van der Waals surface area (Å²) in [7, 11) is 0. The highest BCUT2D eigenvalue weighted by Gasteiger charge is 2.39. The highest BCUT2D eigenvalue weighted by atomic mass is 16.5. The number of hydrogen-bond acceptors (Lipinski definition) is 7. The Kier molecular flexibility index (Phi) is 5.41. The maximum absolute atomic E-state index is 12.9. The average Bonchev–Trinajstić information content (AvgIpc) is 3.42. The van der Waals surface area contributed by atoms with E-state index in [2.05, 4.69) is 9.88 Å². The van der Waals surface area contributed by atoms with Crippen LogP contribution < -0.4 is 4.74 Å². The van der Waals surface area contributed by atoms with Crippen LogP contribution in [0, 0.1) is 0 Å². The predicted molar refractivity (Wildman–Crippen MR) is 126 cm³/mol. The second-order valence-electron chi connectivity index (χ2n) is 9.25. The lowest BCUT2D eigenvalue weighted by Crippen LogP contribution is -2.51. The Labute approximate surface area is 202 Å². The standard InChI is InChI=1S/C26H25N5O4/c32-24-6-3-7-25(33)31(24)30-14-17-12-19(8-9-21(17)26(30)34)35-20-10-11-29(16-20)15-18-13-27-22-4-1-2-5-23(22)28-18/h1-2,4-5,8-9,12-13,20H,3,6-7,10-11,14-16H2/t20-/m0/s1. The second kappa shape index (κ2) is 8.74. The van der Waals surface area contributed by atoms with Gasteiger partial charge in [0.2, 0.25) is 11.8 Å². The van der Waals surface area contributed by atoms with Crippen LogP contribution in [0.4, 0.5) is 0 Å². The fourth-order valence-corrected chi connectivity index (χ4v) is 5.06. The molecule has 4 heterocycles. The Bertz CT molecular complexity index is 1330. The molecule has 0 N–H and O–H groups in total. The van der Waals surface area contributed by atoms with Gasteiger partial charge in [-0.2, -0.15) is 5.01 Å². The molecule has 35 heavy (non-hydrogen) atoms. The van der Waals surface area contributed by atoms with Gasteiger partial charge in [0.05, 0.1) is 29.5 Å². The number of hydrazine groups is 1. The van der Waals surface area contributed by atoms with Crippen LogP contribution >= 0.6 is 0 Å². The van der Waals surface area contributed by atoms with Crippen LogP contribution in [0.15, 0.2) is 48.7 Å². The number of likely N-dealkylation sites (tertiary alicyclic amines) is 1. The van der Waals surface area contributed by atoms with Gasteiger partial charge in [-0.15, -0.1) is 0 Å². The van der Waals surface area contributed by atoms with Crippen LogP contribution in [0.1, 0.15) is 47.3 Å².